The van der Waals surface area contributed by atoms with Crippen molar-refractivity contribution in [3.8, 4) is 17.1 Å². The van der Waals surface area contributed by atoms with Crippen LogP contribution < -0.4 is 5.32 Å². The lowest BCUT2D eigenvalue weighted by molar-refractivity contribution is -0.119. The molecule has 0 spiro atoms. The molecular weight excluding hydrogens is 438 g/mol. The zero-order valence-electron chi connectivity index (χ0n) is 18.2. The Labute approximate surface area is 196 Å². The van der Waals surface area contributed by atoms with Gasteiger partial charge in [0.15, 0.2) is 11.0 Å². The molecule has 8 heteroatoms. The van der Waals surface area contributed by atoms with Crippen LogP contribution in [0.2, 0.25) is 0 Å². The number of benzene rings is 1. The average molecular weight is 464 g/mol. The van der Waals surface area contributed by atoms with Gasteiger partial charge >= 0.3 is 0 Å². The van der Waals surface area contributed by atoms with Gasteiger partial charge in [0, 0.05) is 22.8 Å². The van der Waals surface area contributed by atoms with Crippen LogP contribution in [0.3, 0.4) is 0 Å². The Morgan fingerprint density at radius 1 is 1.09 bits per heavy atom. The number of rotatable bonds is 8. The highest BCUT2D eigenvalue weighted by Gasteiger charge is 2.20. The van der Waals surface area contributed by atoms with Crippen LogP contribution in [0.4, 0.5) is 0 Å². The lowest BCUT2D eigenvalue weighted by atomic mass is 10.0. The van der Waals surface area contributed by atoms with Crippen LogP contribution in [0.5, 0.6) is 0 Å². The standard InChI is InChI=1S/C24H25N5OS2/c1-16(2)19-9-4-5-10-20(19)29-23(18-8-6-12-25-14-18)27-28-24(29)32-15-22(30)26-17(3)21-11-7-13-31-21/h4-14,16-17H,15H2,1-3H3,(H,26,30)/t17-/m1/s1. The van der Waals surface area contributed by atoms with Crippen molar-refractivity contribution in [2.45, 2.75) is 37.9 Å². The Hall–Kier alpha value is -2.97. The summed E-state index contributed by atoms with van der Waals surface area (Å²) in [4.78, 5) is 18.0. The van der Waals surface area contributed by atoms with Crippen molar-refractivity contribution >= 4 is 29.0 Å². The molecule has 3 heterocycles. The minimum absolute atomic E-state index is 0.0198. The molecule has 4 rings (SSSR count). The van der Waals surface area contributed by atoms with Gasteiger partial charge in [0.25, 0.3) is 0 Å². The molecule has 0 bridgehead atoms. The van der Waals surface area contributed by atoms with Crippen LogP contribution >= 0.6 is 23.1 Å². The molecule has 0 aliphatic rings. The zero-order valence-corrected chi connectivity index (χ0v) is 19.9. The molecule has 0 saturated heterocycles. The summed E-state index contributed by atoms with van der Waals surface area (Å²) in [6, 6.07) is 16.1. The molecule has 0 saturated carbocycles. The number of amides is 1. The number of nitrogens with one attached hydrogen (secondary N) is 1. The van der Waals surface area contributed by atoms with E-state index in [-0.39, 0.29) is 17.7 Å². The van der Waals surface area contributed by atoms with Crippen molar-refractivity contribution in [3.63, 3.8) is 0 Å². The molecule has 0 aliphatic heterocycles. The Bertz CT molecular complexity index is 1170. The van der Waals surface area contributed by atoms with Crippen LogP contribution in [0.1, 0.15) is 43.2 Å². The summed E-state index contributed by atoms with van der Waals surface area (Å²) < 4.78 is 2.03. The van der Waals surface area contributed by atoms with Crippen LogP contribution in [0.25, 0.3) is 17.1 Å². The highest BCUT2D eigenvalue weighted by Crippen LogP contribution is 2.32. The number of nitrogens with zero attached hydrogens (tertiary/aromatic N) is 4. The third kappa shape index (κ3) is 4.92. The van der Waals surface area contributed by atoms with Crippen LogP contribution in [-0.2, 0) is 4.79 Å². The van der Waals surface area contributed by atoms with Gasteiger partial charge in [-0.25, -0.2) is 0 Å². The van der Waals surface area contributed by atoms with E-state index in [4.69, 9.17) is 0 Å². The number of pyridine rings is 1. The largest absolute Gasteiger partial charge is 0.348 e. The predicted molar refractivity (Wildman–Crippen MR) is 130 cm³/mol. The Kier molecular flexibility index (Phi) is 7.02. The van der Waals surface area contributed by atoms with Crippen molar-refractivity contribution in [1.82, 2.24) is 25.1 Å². The van der Waals surface area contributed by atoms with Gasteiger partial charge in [-0.3, -0.25) is 14.3 Å². The molecule has 3 aromatic heterocycles. The van der Waals surface area contributed by atoms with Gasteiger partial charge in [-0.15, -0.1) is 21.5 Å². The number of thiophene rings is 1. The molecule has 0 unspecified atom stereocenters. The minimum Gasteiger partial charge on any atom is -0.348 e. The van der Waals surface area contributed by atoms with Crippen LogP contribution in [0.15, 0.2) is 71.5 Å². The summed E-state index contributed by atoms with van der Waals surface area (Å²) >= 11 is 3.02. The third-order valence-electron chi connectivity index (χ3n) is 5.03. The van der Waals surface area contributed by atoms with Crippen molar-refractivity contribution in [2.24, 2.45) is 0 Å². The molecule has 0 radical (unpaired) electrons. The molecule has 6 nitrogen and oxygen atoms in total. The van der Waals surface area contributed by atoms with E-state index in [1.165, 1.54) is 17.3 Å². The molecule has 0 fully saturated rings. The maximum atomic E-state index is 12.6. The summed E-state index contributed by atoms with van der Waals surface area (Å²) in [5.74, 6) is 1.25. The number of aromatic nitrogens is 4. The monoisotopic (exact) mass is 463 g/mol. The SMILES string of the molecule is CC(C)c1ccccc1-n1c(SCC(=O)N[C@H](C)c2cccs2)nnc1-c1cccnc1. The molecule has 0 aliphatic carbocycles. The van der Waals surface area contributed by atoms with Gasteiger partial charge in [-0.1, -0.05) is 49.9 Å². The summed E-state index contributed by atoms with van der Waals surface area (Å²) in [7, 11) is 0. The maximum absolute atomic E-state index is 12.6. The van der Waals surface area contributed by atoms with E-state index in [9.17, 15) is 4.79 Å². The molecule has 32 heavy (non-hydrogen) atoms. The van der Waals surface area contributed by atoms with Gasteiger partial charge in [0.05, 0.1) is 17.5 Å². The van der Waals surface area contributed by atoms with Crippen molar-refractivity contribution in [2.75, 3.05) is 5.75 Å². The Morgan fingerprint density at radius 3 is 2.66 bits per heavy atom. The number of hydrogen-bond acceptors (Lipinski definition) is 6. The number of carbonyl (C=O) groups excluding carboxylic acids is 1. The van der Waals surface area contributed by atoms with E-state index >= 15 is 0 Å². The fourth-order valence-corrected chi connectivity index (χ4v) is 4.95. The Morgan fingerprint density at radius 2 is 1.94 bits per heavy atom. The average Bonchev–Trinajstić information content (AvgIpc) is 3.48. The first-order valence-electron chi connectivity index (χ1n) is 10.4. The molecular formula is C24H25N5OS2. The summed E-state index contributed by atoms with van der Waals surface area (Å²) in [5.41, 5.74) is 3.08. The highest BCUT2D eigenvalue weighted by atomic mass is 32.2. The lowest BCUT2D eigenvalue weighted by Crippen LogP contribution is -2.27. The molecule has 1 N–H and O–H groups in total. The summed E-state index contributed by atoms with van der Waals surface area (Å²) in [6.45, 7) is 6.33. The number of thioether (sulfide) groups is 1. The number of hydrogen-bond donors (Lipinski definition) is 1. The van der Waals surface area contributed by atoms with Crippen LogP contribution in [0, 0.1) is 0 Å². The minimum atomic E-state index is -0.0366. The van der Waals surface area contributed by atoms with E-state index in [0.717, 1.165) is 16.1 Å². The lowest BCUT2D eigenvalue weighted by Gasteiger charge is -2.17. The first-order chi connectivity index (χ1) is 15.5. The third-order valence-corrected chi connectivity index (χ3v) is 7.02. The maximum Gasteiger partial charge on any atom is 0.230 e. The zero-order chi connectivity index (χ0) is 22.5. The van der Waals surface area contributed by atoms with Gasteiger partial charge in [0.1, 0.15) is 0 Å². The molecule has 164 valence electrons. The van der Waals surface area contributed by atoms with Gasteiger partial charge in [-0.2, -0.15) is 0 Å². The van der Waals surface area contributed by atoms with Crippen molar-refractivity contribution in [1.29, 1.82) is 0 Å². The summed E-state index contributed by atoms with van der Waals surface area (Å²) in [5, 5.41) is 14.7. The van der Waals surface area contributed by atoms with Gasteiger partial charge in [0.2, 0.25) is 5.91 Å². The molecule has 1 aromatic carbocycles. The fourth-order valence-electron chi connectivity index (χ4n) is 3.46. The topological polar surface area (TPSA) is 72.7 Å². The van der Waals surface area contributed by atoms with E-state index in [0.29, 0.717) is 16.9 Å². The second kappa shape index (κ2) is 10.1. The van der Waals surface area contributed by atoms with E-state index in [2.05, 4.69) is 46.5 Å². The normalized spacial score (nSPS) is 12.1. The number of carbonyl (C=O) groups is 1. The second-order valence-corrected chi connectivity index (χ2v) is 9.61. The first-order valence-corrected chi connectivity index (χ1v) is 12.3. The van der Waals surface area contributed by atoms with E-state index in [1.807, 2.05) is 53.3 Å². The second-order valence-electron chi connectivity index (χ2n) is 7.69. The smallest absolute Gasteiger partial charge is 0.230 e. The van der Waals surface area contributed by atoms with E-state index in [1.54, 1.807) is 23.7 Å². The first kappa shape index (κ1) is 22.2. The quantitative estimate of drug-likeness (QED) is 0.350. The van der Waals surface area contributed by atoms with E-state index < -0.39 is 0 Å². The predicted octanol–water partition coefficient (Wildman–Crippen LogP) is 5.48. The molecule has 1 amide bonds. The van der Waals surface area contributed by atoms with Crippen molar-refractivity contribution in [3.05, 3.63) is 76.7 Å². The molecule has 4 aromatic rings. The van der Waals surface area contributed by atoms with Crippen molar-refractivity contribution < 1.29 is 4.79 Å². The highest BCUT2D eigenvalue weighted by molar-refractivity contribution is 7.99. The molecule has 1 atom stereocenters. The van der Waals surface area contributed by atoms with Gasteiger partial charge < -0.3 is 5.32 Å². The summed E-state index contributed by atoms with van der Waals surface area (Å²) in [6.07, 6.45) is 3.52. The fraction of sp³-hybridized carbons (Fsp3) is 0.250. The number of para-hydroxylation sites is 1. The van der Waals surface area contributed by atoms with Gasteiger partial charge in [-0.05, 0) is 48.1 Å². The Balaban J connectivity index is 1.63. The van der Waals surface area contributed by atoms with Crippen LogP contribution in [-0.4, -0.2) is 31.4 Å².